The summed E-state index contributed by atoms with van der Waals surface area (Å²) < 4.78 is 10.4. The largest absolute Gasteiger partial charge is 0.496 e. The Balaban J connectivity index is 1.62. The van der Waals surface area contributed by atoms with Crippen molar-refractivity contribution < 1.29 is 13.9 Å². The van der Waals surface area contributed by atoms with E-state index in [2.05, 4.69) is 15.6 Å². The quantitative estimate of drug-likeness (QED) is 0.725. The minimum Gasteiger partial charge on any atom is -0.496 e. The minimum atomic E-state index is -0.267. The lowest BCUT2D eigenvalue weighted by molar-refractivity contribution is 0.102. The number of anilines is 2. The van der Waals surface area contributed by atoms with E-state index >= 15 is 0 Å². The van der Waals surface area contributed by atoms with Gasteiger partial charge in [-0.15, -0.1) is 0 Å². The molecular weight excluding hydrogens is 306 g/mol. The zero-order valence-electron chi connectivity index (χ0n) is 13.2. The van der Waals surface area contributed by atoms with Crippen LogP contribution in [0.4, 0.5) is 11.5 Å². The highest BCUT2D eigenvalue weighted by Crippen LogP contribution is 2.19. The van der Waals surface area contributed by atoms with Crippen LogP contribution in [0.3, 0.4) is 0 Å². The molecule has 2 N–H and O–H groups in total. The number of hydrogen-bond acceptors (Lipinski definition) is 5. The molecule has 0 radical (unpaired) electrons. The zero-order chi connectivity index (χ0) is 16.8. The molecule has 0 aliphatic rings. The molecule has 2 heterocycles. The minimum absolute atomic E-state index is 0.267. The average Bonchev–Trinajstić information content (AvgIpc) is 3.14. The third-order valence-corrected chi connectivity index (χ3v) is 3.40. The Kier molecular flexibility index (Phi) is 4.76. The highest BCUT2D eigenvalue weighted by Gasteiger charge is 2.12. The Morgan fingerprint density at radius 1 is 1.17 bits per heavy atom. The number of para-hydroxylation sites is 1. The molecule has 6 heteroatoms. The molecule has 6 nitrogen and oxygen atoms in total. The van der Waals surface area contributed by atoms with E-state index in [0.29, 0.717) is 23.7 Å². The van der Waals surface area contributed by atoms with Gasteiger partial charge in [0.2, 0.25) is 0 Å². The fourth-order valence-electron chi connectivity index (χ4n) is 2.19. The summed E-state index contributed by atoms with van der Waals surface area (Å²) in [6.07, 6.45) is 3.28. The van der Waals surface area contributed by atoms with Crippen molar-refractivity contribution in [1.82, 2.24) is 4.98 Å². The van der Waals surface area contributed by atoms with Crippen molar-refractivity contribution >= 4 is 17.4 Å². The Bertz CT molecular complexity index is 799. The van der Waals surface area contributed by atoms with Crippen molar-refractivity contribution in [2.75, 3.05) is 17.7 Å². The monoisotopic (exact) mass is 323 g/mol. The number of furan rings is 1. The molecule has 0 bridgehead atoms. The summed E-state index contributed by atoms with van der Waals surface area (Å²) in [5, 5.41) is 5.94. The lowest BCUT2D eigenvalue weighted by Gasteiger charge is -2.09. The number of carbonyl (C=O) groups is 1. The number of ether oxygens (including phenoxy) is 1. The highest BCUT2D eigenvalue weighted by molar-refractivity contribution is 6.05. The summed E-state index contributed by atoms with van der Waals surface area (Å²) in [4.78, 5) is 16.5. The molecule has 3 aromatic rings. The second-order valence-electron chi connectivity index (χ2n) is 5.02. The van der Waals surface area contributed by atoms with Crippen LogP contribution in [0.2, 0.25) is 0 Å². The fraction of sp³-hybridized carbons (Fsp3) is 0.111. The van der Waals surface area contributed by atoms with E-state index < -0.39 is 0 Å². The molecule has 0 saturated carbocycles. The lowest BCUT2D eigenvalue weighted by Crippen LogP contribution is -2.14. The van der Waals surface area contributed by atoms with Gasteiger partial charge in [0.15, 0.2) is 0 Å². The maximum atomic E-state index is 12.3. The predicted octanol–water partition coefficient (Wildman–Crippen LogP) is 3.55. The van der Waals surface area contributed by atoms with Gasteiger partial charge in [-0.25, -0.2) is 4.98 Å². The maximum Gasteiger partial charge on any atom is 0.260 e. The topological polar surface area (TPSA) is 76.4 Å². The predicted molar refractivity (Wildman–Crippen MR) is 91.2 cm³/mol. The van der Waals surface area contributed by atoms with Crippen LogP contribution in [0.5, 0.6) is 5.75 Å². The van der Waals surface area contributed by atoms with E-state index in [1.807, 2.05) is 24.3 Å². The number of pyridine rings is 1. The van der Waals surface area contributed by atoms with Crippen LogP contribution in [-0.4, -0.2) is 18.0 Å². The molecule has 122 valence electrons. The number of nitrogens with zero attached hydrogens (tertiary/aromatic N) is 1. The Morgan fingerprint density at radius 2 is 2.04 bits per heavy atom. The molecule has 1 aromatic carbocycles. The first-order valence-electron chi connectivity index (χ1n) is 7.43. The summed E-state index contributed by atoms with van der Waals surface area (Å²) >= 11 is 0. The number of benzene rings is 1. The third kappa shape index (κ3) is 3.73. The van der Waals surface area contributed by atoms with Crippen LogP contribution in [0, 0.1) is 0 Å². The first-order chi connectivity index (χ1) is 11.8. The van der Waals surface area contributed by atoms with Gasteiger partial charge in [-0.3, -0.25) is 4.79 Å². The molecule has 0 unspecified atom stereocenters. The smallest absolute Gasteiger partial charge is 0.260 e. The molecule has 0 spiro atoms. The van der Waals surface area contributed by atoms with E-state index in [-0.39, 0.29) is 5.91 Å². The molecular formula is C18H17N3O3. The maximum absolute atomic E-state index is 12.3. The van der Waals surface area contributed by atoms with Gasteiger partial charge in [0.05, 0.1) is 37.4 Å². The van der Waals surface area contributed by atoms with E-state index in [9.17, 15) is 4.79 Å². The summed E-state index contributed by atoms with van der Waals surface area (Å²) in [6, 6.07) is 14.3. The van der Waals surface area contributed by atoms with E-state index in [1.165, 1.54) is 7.11 Å². The van der Waals surface area contributed by atoms with Crippen LogP contribution >= 0.6 is 0 Å². The number of rotatable bonds is 6. The van der Waals surface area contributed by atoms with Crippen molar-refractivity contribution in [2.45, 2.75) is 6.54 Å². The van der Waals surface area contributed by atoms with E-state index in [0.717, 1.165) is 11.4 Å². The highest BCUT2D eigenvalue weighted by atomic mass is 16.5. The van der Waals surface area contributed by atoms with Crippen molar-refractivity contribution in [3.05, 3.63) is 72.3 Å². The van der Waals surface area contributed by atoms with Gasteiger partial charge in [0.25, 0.3) is 5.91 Å². The molecule has 2 aromatic heterocycles. The summed E-state index contributed by atoms with van der Waals surface area (Å²) in [5.41, 5.74) is 1.29. The van der Waals surface area contributed by atoms with Crippen molar-refractivity contribution in [3.8, 4) is 5.75 Å². The second-order valence-corrected chi connectivity index (χ2v) is 5.02. The number of methoxy groups -OCH3 is 1. The number of carbonyl (C=O) groups excluding carboxylic acids is 1. The first-order valence-corrected chi connectivity index (χ1v) is 7.43. The second kappa shape index (κ2) is 7.32. The Morgan fingerprint density at radius 3 is 2.75 bits per heavy atom. The van der Waals surface area contributed by atoms with Crippen molar-refractivity contribution in [1.29, 1.82) is 0 Å². The van der Waals surface area contributed by atoms with Crippen LogP contribution in [-0.2, 0) is 6.54 Å². The lowest BCUT2D eigenvalue weighted by atomic mass is 10.2. The molecule has 0 saturated heterocycles. The first kappa shape index (κ1) is 15.6. The summed E-state index contributed by atoms with van der Waals surface area (Å²) in [7, 11) is 1.53. The van der Waals surface area contributed by atoms with Gasteiger partial charge >= 0.3 is 0 Å². The number of aromatic nitrogens is 1. The third-order valence-electron chi connectivity index (χ3n) is 3.40. The van der Waals surface area contributed by atoms with Crippen LogP contribution in [0.1, 0.15) is 16.1 Å². The fourth-order valence-corrected chi connectivity index (χ4v) is 2.19. The van der Waals surface area contributed by atoms with Gasteiger partial charge in [-0.05, 0) is 36.4 Å². The van der Waals surface area contributed by atoms with Gasteiger partial charge < -0.3 is 19.8 Å². The molecule has 1 amide bonds. The van der Waals surface area contributed by atoms with Crippen molar-refractivity contribution in [3.63, 3.8) is 0 Å². The number of nitrogens with one attached hydrogen (secondary N) is 2. The molecule has 0 aliphatic carbocycles. The molecule has 0 fully saturated rings. The van der Waals surface area contributed by atoms with E-state index in [4.69, 9.17) is 9.15 Å². The number of hydrogen-bond donors (Lipinski definition) is 2. The molecule has 3 rings (SSSR count). The summed E-state index contributed by atoms with van der Waals surface area (Å²) in [5.74, 6) is 1.56. The SMILES string of the molecule is COc1ccccc1C(=O)Nc1ccc(NCc2ccco2)cn1. The van der Waals surface area contributed by atoms with Gasteiger partial charge in [-0.2, -0.15) is 0 Å². The average molecular weight is 323 g/mol. The van der Waals surface area contributed by atoms with Gasteiger partial charge in [-0.1, -0.05) is 12.1 Å². The van der Waals surface area contributed by atoms with Crippen molar-refractivity contribution in [2.24, 2.45) is 0 Å². The Hall–Kier alpha value is -3.28. The van der Waals surface area contributed by atoms with Gasteiger partial charge in [0, 0.05) is 0 Å². The number of amides is 1. The molecule has 0 aliphatic heterocycles. The zero-order valence-corrected chi connectivity index (χ0v) is 13.2. The molecule has 0 atom stereocenters. The Labute approximate surface area is 139 Å². The standard InChI is InChI=1S/C18H17N3O3/c1-23-16-7-3-2-6-15(16)18(22)21-17-9-8-13(11-20-17)19-12-14-5-4-10-24-14/h2-11,19H,12H2,1H3,(H,20,21,22). The van der Waals surface area contributed by atoms with Crippen LogP contribution in [0.15, 0.2) is 65.4 Å². The van der Waals surface area contributed by atoms with Gasteiger partial charge in [0.1, 0.15) is 17.3 Å². The van der Waals surface area contributed by atoms with Crippen LogP contribution < -0.4 is 15.4 Å². The van der Waals surface area contributed by atoms with Crippen LogP contribution in [0.25, 0.3) is 0 Å². The summed E-state index contributed by atoms with van der Waals surface area (Å²) in [6.45, 7) is 0.571. The normalized spacial score (nSPS) is 10.2. The van der Waals surface area contributed by atoms with E-state index in [1.54, 1.807) is 36.7 Å². The molecule has 24 heavy (non-hydrogen) atoms.